The summed E-state index contributed by atoms with van der Waals surface area (Å²) in [6.07, 6.45) is 1.62. The largest absolute Gasteiger partial charge is 0.392 e. The number of nitrogens with zero attached hydrogens (tertiary/aromatic N) is 5. The van der Waals surface area contributed by atoms with Crippen LogP contribution in [-0.4, -0.2) is 49.0 Å². The Labute approximate surface area is 135 Å². The molecule has 0 radical (unpaired) electrons. The van der Waals surface area contributed by atoms with Gasteiger partial charge in [0.2, 0.25) is 4.77 Å². The van der Waals surface area contributed by atoms with E-state index in [4.69, 9.17) is 12.2 Å². The molecule has 0 unspecified atom stereocenters. The number of hydrogen-bond donors (Lipinski definition) is 1. The summed E-state index contributed by atoms with van der Waals surface area (Å²) in [7, 11) is 0. The van der Waals surface area contributed by atoms with Crippen LogP contribution in [0.4, 0.5) is 0 Å². The smallest absolute Gasteiger partial charge is 0.221 e. The van der Waals surface area contributed by atoms with E-state index in [0.29, 0.717) is 18.0 Å². The number of tetrazole rings is 1. The van der Waals surface area contributed by atoms with E-state index in [2.05, 4.69) is 33.5 Å². The Morgan fingerprint density at radius 2 is 2.14 bits per heavy atom. The zero-order valence-corrected chi connectivity index (χ0v) is 13.8. The Kier molecular flexibility index (Phi) is 4.37. The molecule has 0 saturated carbocycles. The highest BCUT2D eigenvalue weighted by Gasteiger charge is 2.19. The van der Waals surface area contributed by atoms with Gasteiger partial charge in [-0.1, -0.05) is 12.1 Å². The van der Waals surface area contributed by atoms with E-state index < -0.39 is 0 Å². The fourth-order valence-electron chi connectivity index (χ4n) is 2.81. The van der Waals surface area contributed by atoms with Crippen LogP contribution in [0.2, 0.25) is 0 Å². The van der Waals surface area contributed by atoms with Gasteiger partial charge in [-0.2, -0.15) is 4.68 Å². The van der Waals surface area contributed by atoms with E-state index in [0.717, 1.165) is 36.2 Å². The van der Waals surface area contributed by atoms with Crippen LogP contribution in [0.15, 0.2) is 18.2 Å². The Morgan fingerprint density at radius 3 is 2.91 bits per heavy atom. The van der Waals surface area contributed by atoms with Crippen LogP contribution in [0, 0.1) is 18.6 Å². The number of aromatic nitrogens is 4. The van der Waals surface area contributed by atoms with Crippen LogP contribution in [0.25, 0.3) is 5.69 Å². The van der Waals surface area contributed by atoms with Gasteiger partial charge in [0, 0.05) is 13.1 Å². The summed E-state index contributed by atoms with van der Waals surface area (Å²) in [5.41, 5.74) is 3.24. The van der Waals surface area contributed by atoms with Crippen LogP contribution < -0.4 is 0 Å². The number of β-amino-alcohol motifs (C(OH)–C–C–N with tert-alkyl or cyclic N) is 1. The Hall–Kier alpha value is -1.57. The fraction of sp³-hybridized carbons (Fsp3) is 0.533. The molecule has 22 heavy (non-hydrogen) atoms. The molecule has 1 N–H and O–H groups in total. The van der Waals surface area contributed by atoms with Gasteiger partial charge in [-0.15, -0.1) is 0 Å². The summed E-state index contributed by atoms with van der Waals surface area (Å²) >= 11 is 5.52. The second kappa shape index (κ2) is 6.28. The molecular formula is C15H21N5OS. The van der Waals surface area contributed by atoms with E-state index in [1.165, 1.54) is 0 Å². The third kappa shape index (κ3) is 3.11. The predicted molar refractivity (Wildman–Crippen MR) is 86.5 cm³/mol. The highest BCUT2D eigenvalue weighted by Crippen LogP contribution is 2.16. The molecule has 1 aromatic heterocycles. The van der Waals surface area contributed by atoms with E-state index in [-0.39, 0.29) is 6.10 Å². The van der Waals surface area contributed by atoms with Crippen LogP contribution in [0.3, 0.4) is 0 Å². The van der Waals surface area contributed by atoms with Crippen molar-refractivity contribution in [1.82, 2.24) is 24.7 Å². The summed E-state index contributed by atoms with van der Waals surface area (Å²) in [5.74, 6) is 0. The molecule has 0 aliphatic carbocycles. The molecule has 3 rings (SSSR count). The third-order valence-electron chi connectivity index (χ3n) is 4.05. The number of aliphatic hydroxyl groups is 1. The molecule has 0 amide bonds. The van der Waals surface area contributed by atoms with Crippen molar-refractivity contribution in [2.45, 2.75) is 39.5 Å². The SMILES string of the molecule is Cc1ccc(C)c(-n2nnn(CN3CCC[C@H](O)C3)c2=S)c1. The lowest BCUT2D eigenvalue weighted by Gasteiger charge is -2.29. The first-order valence-electron chi connectivity index (χ1n) is 7.55. The van der Waals surface area contributed by atoms with Crippen molar-refractivity contribution in [1.29, 1.82) is 0 Å². The van der Waals surface area contributed by atoms with Gasteiger partial charge in [0.25, 0.3) is 0 Å². The summed E-state index contributed by atoms with van der Waals surface area (Å²) in [4.78, 5) is 2.16. The lowest BCUT2D eigenvalue weighted by Crippen LogP contribution is -2.39. The number of rotatable bonds is 3. The average Bonchev–Trinajstić information content (AvgIpc) is 2.83. The van der Waals surface area contributed by atoms with Crippen molar-refractivity contribution in [2.24, 2.45) is 0 Å². The van der Waals surface area contributed by atoms with Crippen molar-refractivity contribution >= 4 is 12.2 Å². The number of likely N-dealkylation sites (tertiary alicyclic amines) is 1. The van der Waals surface area contributed by atoms with Crippen LogP contribution in [-0.2, 0) is 6.67 Å². The molecule has 1 saturated heterocycles. The molecule has 0 spiro atoms. The Morgan fingerprint density at radius 1 is 1.32 bits per heavy atom. The van der Waals surface area contributed by atoms with Crippen molar-refractivity contribution < 1.29 is 5.11 Å². The molecule has 2 heterocycles. The lowest BCUT2D eigenvalue weighted by molar-refractivity contribution is 0.0509. The molecule has 0 bridgehead atoms. The van der Waals surface area contributed by atoms with Gasteiger partial charge < -0.3 is 5.11 Å². The van der Waals surface area contributed by atoms with Gasteiger partial charge in [-0.05, 0) is 66.5 Å². The van der Waals surface area contributed by atoms with Crippen LogP contribution >= 0.6 is 12.2 Å². The standard InChI is InChI=1S/C15H21N5OS/c1-11-5-6-12(2)14(8-11)20-15(22)19(16-17-20)10-18-7-3-4-13(21)9-18/h5-6,8,13,21H,3-4,7,9-10H2,1-2H3/t13-/m0/s1. The molecule has 1 aromatic carbocycles. The van der Waals surface area contributed by atoms with Gasteiger partial charge in [-0.3, -0.25) is 4.90 Å². The topological polar surface area (TPSA) is 59.1 Å². The number of hydrogen-bond acceptors (Lipinski definition) is 5. The zero-order chi connectivity index (χ0) is 15.7. The minimum atomic E-state index is -0.253. The normalized spacial score (nSPS) is 19.5. The van der Waals surface area contributed by atoms with Crippen LogP contribution in [0.5, 0.6) is 0 Å². The molecule has 2 aromatic rings. The maximum absolute atomic E-state index is 9.76. The summed E-state index contributed by atoms with van der Waals surface area (Å²) in [6.45, 7) is 6.27. The monoisotopic (exact) mass is 319 g/mol. The van der Waals surface area contributed by atoms with E-state index in [9.17, 15) is 5.11 Å². The van der Waals surface area contributed by atoms with E-state index >= 15 is 0 Å². The van der Waals surface area contributed by atoms with Crippen molar-refractivity contribution in [3.63, 3.8) is 0 Å². The second-order valence-electron chi connectivity index (χ2n) is 5.98. The predicted octanol–water partition coefficient (Wildman–Crippen LogP) is 1.83. The van der Waals surface area contributed by atoms with Gasteiger partial charge in [-0.25, -0.2) is 4.68 Å². The third-order valence-corrected chi connectivity index (χ3v) is 4.43. The molecule has 7 heteroatoms. The van der Waals surface area contributed by atoms with Crippen molar-refractivity contribution in [3.05, 3.63) is 34.1 Å². The molecular weight excluding hydrogens is 298 g/mol. The minimum Gasteiger partial charge on any atom is -0.392 e. The number of benzene rings is 1. The molecule has 6 nitrogen and oxygen atoms in total. The minimum absolute atomic E-state index is 0.253. The first kappa shape index (κ1) is 15.3. The van der Waals surface area contributed by atoms with Gasteiger partial charge in [0.15, 0.2) is 0 Å². The number of piperidine rings is 1. The van der Waals surface area contributed by atoms with Crippen molar-refractivity contribution in [3.8, 4) is 5.69 Å². The Bertz CT molecular complexity index is 723. The van der Waals surface area contributed by atoms with Crippen LogP contribution in [0.1, 0.15) is 24.0 Å². The summed E-state index contributed by atoms with van der Waals surface area (Å²) in [5, 5.41) is 18.2. The molecule has 1 atom stereocenters. The van der Waals surface area contributed by atoms with E-state index in [1.807, 2.05) is 13.8 Å². The average molecular weight is 319 g/mol. The summed E-state index contributed by atoms with van der Waals surface area (Å²) in [6, 6.07) is 6.20. The highest BCUT2D eigenvalue weighted by atomic mass is 32.1. The van der Waals surface area contributed by atoms with Gasteiger partial charge in [0.1, 0.15) is 0 Å². The quantitative estimate of drug-likeness (QED) is 0.875. The van der Waals surface area contributed by atoms with Gasteiger partial charge >= 0.3 is 0 Å². The fourth-order valence-corrected chi connectivity index (χ4v) is 3.04. The number of aliphatic hydroxyl groups excluding tert-OH is 1. The highest BCUT2D eigenvalue weighted by molar-refractivity contribution is 7.71. The number of aryl methyl sites for hydroxylation is 2. The molecule has 1 aliphatic heterocycles. The second-order valence-corrected chi connectivity index (χ2v) is 6.34. The maximum Gasteiger partial charge on any atom is 0.221 e. The molecule has 118 valence electrons. The van der Waals surface area contributed by atoms with Crippen molar-refractivity contribution in [2.75, 3.05) is 13.1 Å². The first-order chi connectivity index (χ1) is 10.5. The lowest BCUT2D eigenvalue weighted by atomic mass is 10.1. The zero-order valence-electron chi connectivity index (χ0n) is 12.9. The summed E-state index contributed by atoms with van der Waals surface area (Å²) < 4.78 is 4.00. The van der Waals surface area contributed by atoms with E-state index in [1.54, 1.807) is 9.36 Å². The molecule has 1 aliphatic rings. The first-order valence-corrected chi connectivity index (χ1v) is 7.96. The maximum atomic E-state index is 9.76. The Balaban J connectivity index is 1.86. The van der Waals surface area contributed by atoms with Gasteiger partial charge in [0.05, 0.1) is 18.5 Å². The molecule has 1 fully saturated rings.